The van der Waals surface area contributed by atoms with Gasteiger partial charge in [0.15, 0.2) is 0 Å². The molecule has 0 radical (unpaired) electrons. The predicted octanol–water partition coefficient (Wildman–Crippen LogP) is 2.63. The molecule has 3 rings (SSSR count). The van der Waals surface area contributed by atoms with Crippen LogP contribution in [0.5, 0.6) is 0 Å². The summed E-state index contributed by atoms with van der Waals surface area (Å²) in [6.07, 6.45) is 1.39. The minimum atomic E-state index is 0.0208. The topological polar surface area (TPSA) is 59.2 Å². The molecule has 0 spiro atoms. The molecule has 0 bridgehead atoms. The lowest BCUT2D eigenvalue weighted by Gasteiger charge is -2.11. The summed E-state index contributed by atoms with van der Waals surface area (Å²) in [6.45, 7) is 5.49. The SMILES string of the molecule is CCc1ccccc1-c1noc([C@H]2CC(=O)N(CC)C2)n1. The molecule has 5 nitrogen and oxygen atoms in total. The van der Waals surface area contributed by atoms with Crippen molar-refractivity contribution in [3.05, 3.63) is 35.7 Å². The number of benzene rings is 1. The predicted molar refractivity (Wildman–Crippen MR) is 78.7 cm³/mol. The molecule has 0 N–H and O–H groups in total. The number of likely N-dealkylation sites (N-methyl/N-ethyl adjacent to an activating group) is 1. The van der Waals surface area contributed by atoms with E-state index >= 15 is 0 Å². The highest BCUT2D eigenvalue weighted by Gasteiger charge is 2.33. The van der Waals surface area contributed by atoms with Crippen LogP contribution in [0.1, 0.15) is 37.6 Å². The van der Waals surface area contributed by atoms with Crippen LogP contribution in [0.25, 0.3) is 11.4 Å². The lowest BCUT2D eigenvalue weighted by molar-refractivity contribution is -0.127. The van der Waals surface area contributed by atoms with Crippen molar-refractivity contribution < 1.29 is 9.32 Å². The van der Waals surface area contributed by atoms with Crippen LogP contribution >= 0.6 is 0 Å². The van der Waals surface area contributed by atoms with Gasteiger partial charge in [-0.15, -0.1) is 0 Å². The molecule has 110 valence electrons. The van der Waals surface area contributed by atoms with Gasteiger partial charge in [0, 0.05) is 25.1 Å². The molecule has 1 aliphatic rings. The molecule has 0 saturated carbocycles. The molecule has 1 aromatic heterocycles. The van der Waals surface area contributed by atoms with Gasteiger partial charge in [-0.05, 0) is 18.9 Å². The number of carbonyl (C=O) groups excluding carboxylic acids is 1. The van der Waals surface area contributed by atoms with Gasteiger partial charge in [-0.2, -0.15) is 4.98 Å². The van der Waals surface area contributed by atoms with Crippen LogP contribution in [0.15, 0.2) is 28.8 Å². The zero-order valence-corrected chi connectivity index (χ0v) is 12.4. The smallest absolute Gasteiger partial charge is 0.232 e. The molecule has 1 fully saturated rings. The third kappa shape index (κ3) is 2.55. The van der Waals surface area contributed by atoms with Crippen molar-refractivity contribution >= 4 is 5.91 Å². The fourth-order valence-corrected chi connectivity index (χ4v) is 2.80. The number of hydrogen-bond donors (Lipinski definition) is 0. The van der Waals surface area contributed by atoms with E-state index in [4.69, 9.17) is 4.52 Å². The minimum absolute atomic E-state index is 0.0208. The summed E-state index contributed by atoms with van der Waals surface area (Å²) in [5, 5.41) is 4.10. The van der Waals surface area contributed by atoms with Gasteiger partial charge in [0.1, 0.15) is 0 Å². The van der Waals surface area contributed by atoms with E-state index in [-0.39, 0.29) is 11.8 Å². The van der Waals surface area contributed by atoms with E-state index in [9.17, 15) is 4.79 Å². The quantitative estimate of drug-likeness (QED) is 0.866. The molecule has 5 heteroatoms. The van der Waals surface area contributed by atoms with Gasteiger partial charge >= 0.3 is 0 Å². The Bertz CT molecular complexity index is 650. The minimum Gasteiger partial charge on any atom is -0.342 e. The summed E-state index contributed by atoms with van der Waals surface area (Å²) in [7, 11) is 0. The molecule has 1 saturated heterocycles. The van der Waals surface area contributed by atoms with E-state index in [1.54, 1.807) is 0 Å². The van der Waals surface area contributed by atoms with E-state index in [1.165, 1.54) is 5.56 Å². The van der Waals surface area contributed by atoms with E-state index in [0.717, 1.165) is 18.5 Å². The van der Waals surface area contributed by atoms with Crippen LogP contribution in [-0.4, -0.2) is 34.0 Å². The number of carbonyl (C=O) groups is 1. The first-order valence-corrected chi connectivity index (χ1v) is 7.42. The first kappa shape index (κ1) is 13.8. The van der Waals surface area contributed by atoms with Crippen molar-refractivity contribution in [2.75, 3.05) is 13.1 Å². The summed E-state index contributed by atoms with van der Waals surface area (Å²) >= 11 is 0. The Hall–Kier alpha value is -2.17. The molecule has 2 aromatic rings. The van der Waals surface area contributed by atoms with Gasteiger partial charge in [0.2, 0.25) is 17.6 Å². The van der Waals surface area contributed by atoms with Gasteiger partial charge in [0.25, 0.3) is 0 Å². The number of aryl methyl sites for hydroxylation is 1. The Kier molecular flexibility index (Phi) is 3.73. The number of likely N-dealkylation sites (tertiary alicyclic amines) is 1. The van der Waals surface area contributed by atoms with Gasteiger partial charge in [-0.1, -0.05) is 36.3 Å². The zero-order valence-electron chi connectivity index (χ0n) is 12.4. The maximum Gasteiger partial charge on any atom is 0.232 e. The number of rotatable bonds is 4. The van der Waals surface area contributed by atoms with Crippen molar-refractivity contribution in [1.29, 1.82) is 0 Å². The van der Waals surface area contributed by atoms with Crippen LogP contribution in [0, 0.1) is 0 Å². The maximum absolute atomic E-state index is 11.8. The van der Waals surface area contributed by atoms with Crippen LogP contribution < -0.4 is 0 Å². The number of hydrogen-bond acceptors (Lipinski definition) is 4. The lowest BCUT2D eigenvalue weighted by atomic mass is 10.0. The Morgan fingerprint density at radius 2 is 2.14 bits per heavy atom. The molecule has 2 heterocycles. The molecule has 1 amide bonds. The Balaban J connectivity index is 1.86. The highest BCUT2D eigenvalue weighted by Crippen LogP contribution is 2.29. The van der Waals surface area contributed by atoms with Crippen molar-refractivity contribution in [1.82, 2.24) is 15.0 Å². The molecule has 0 unspecified atom stereocenters. The van der Waals surface area contributed by atoms with Gasteiger partial charge < -0.3 is 9.42 Å². The monoisotopic (exact) mass is 285 g/mol. The third-order valence-corrected chi connectivity index (χ3v) is 4.03. The van der Waals surface area contributed by atoms with Crippen LogP contribution in [0.2, 0.25) is 0 Å². The van der Waals surface area contributed by atoms with Crippen molar-refractivity contribution in [3.8, 4) is 11.4 Å². The molecular weight excluding hydrogens is 266 g/mol. The average Bonchev–Trinajstić information content (AvgIpc) is 3.13. The standard InChI is InChI=1S/C16H19N3O2/c1-3-11-7-5-6-8-13(11)15-17-16(21-18-15)12-9-14(20)19(4-2)10-12/h5-8,12H,3-4,9-10H2,1-2H3/t12-/m0/s1. The number of nitrogens with zero attached hydrogens (tertiary/aromatic N) is 3. The maximum atomic E-state index is 11.8. The first-order chi connectivity index (χ1) is 10.2. The van der Waals surface area contributed by atoms with Crippen molar-refractivity contribution in [2.24, 2.45) is 0 Å². The van der Waals surface area contributed by atoms with Crippen LogP contribution in [0.3, 0.4) is 0 Å². The second kappa shape index (κ2) is 5.68. The fourth-order valence-electron chi connectivity index (χ4n) is 2.80. The lowest BCUT2D eigenvalue weighted by Crippen LogP contribution is -2.24. The second-order valence-corrected chi connectivity index (χ2v) is 5.30. The molecule has 1 aromatic carbocycles. The first-order valence-electron chi connectivity index (χ1n) is 7.42. The van der Waals surface area contributed by atoms with E-state index < -0.39 is 0 Å². The van der Waals surface area contributed by atoms with Crippen molar-refractivity contribution in [3.63, 3.8) is 0 Å². The molecule has 0 aliphatic carbocycles. The third-order valence-electron chi connectivity index (χ3n) is 4.03. The number of aromatic nitrogens is 2. The Morgan fingerprint density at radius 3 is 2.86 bits per heavy atom. The van der Waals surface area contributed by atoms with Crippen molar-refractivity contribution in [2.45, 2.75) is 32.6 Å². The molecule has 21 heavy (non-hydrogen) atoms. The molecule has 1 atom stereocenters. The van der Waals surface area contributed by atoms with Gasteiger partial charge in [-0.3, -0.25) is 4.79 Å². The highest BCUT2D eigenvalue weighted by molar-refractivity contribution is 5.79. The fraction of sp³-hybridized carbons (Fsp3) is 0.438. The Labute approximate surface area is 124 Å². The average molecular weight is 285 g/mol. The summed E-state index contributed by atoms with van der Waals surface area (Å²) in [6, 6.07) is 8.06. The van der Waals surface area contributed by atoms with Crippen LogP contribution in [0.4, 0.5) is 0 Å². The van der Waals surface area contributed by atoms with E-state index in [1.807, 2.05) is 30.0 Å². The molecular formula is C16H19N3O2. The van der Waals surface area contributed by atoms with E-state index in [0.29, 0.717) is 24.7 Å². The molecule has 1 aliphatic heterocycles. The Morgan fingerprint density at radius 1 is 1.33 bits per heavy atom. The zero-order chi connectivity index (χ0) is 14.8. The second-order valence-electron chi connectivity index (χ2n) is 5.30. The highest BCUT2D eigenvalue weighted by atomic mass is 16.5. The summed E-state index contributed by atoms with van der Waals surface area (Å²) in [5.74, 6) is 1.37. The summed E-state index contributed by atoms with van der Waals surface area (Å²) < 4.78 is 5.40. The van der Waals surface area contributed by atoms with Gasteiger partial charge in [0.05, 0.1) is 5.92 Å². The summed E-state index contributed by atoms with van der Waals surface area (Å²) in [5.41, 5.74) is 2.20. The number of amides is 1. The largest absolute Gasteiger partial charge is 0.342 e. The normalized spacial score (nSPS) is 18.5. The van der Waals surface area contributed by atoms with Gasteiger partial charge in [-0.25, -0.2) is 0 Å². The van der Waals surface area contributed by atoms with Crippen LogP contribution in [-0.2, 0) is 11.2 Å². The van der Waals surface area contributed by atoms with E-state index in [2.05, 4.69) is 23.1 Å². The summed E-state index contributed by atoms with van der Waals surface area (Å²) in [4.78, 5) is 18.1.